The van der Waals surface area contributed by atoms with Crippen LogP contribution in [0.15, 0.2) is 28.1 Å². The molecule has 1 aromatic carbocycles. The second-order valence-corrected chi connectivity index (χ2v) is 11.3. The second kappa shape index (κ2) is 10.6. The summed E-state index contributed by atoms with van der Waals surface area (Å²) in [6, 6.07) is 3.90. The van der Waals surface area contributed by atoms with Crippen LogP contribution in [0.25, 0.3) is 10.9 Å². The Kier molecular flexibility index (Phi) is 7.68. The molecule has 0 spiro atoms. The zero-order chi connectivity index (χ0) is 26.9. The summed E-state index contributed by atoms with van der Waals surface area (Å²) >= 11 is 0. The van der Waals surface area contributed by atoms with Crippen LogP contribution in [0, 0.1) is 0 Å². The number of fused-ring (bicyclic) bond motifs is 3. The summed E-state index contributed by atoms with van der Waals surface area (Å²) in [6.45, 7) is 1.40. The number of nitrogens with zero attached hydrogens (tertiary/aromatic N) is 3. The molecule has 37 heavy (non-hydrogen) atoms. The predicted octanol–water partition coefficient (Wildman–Crippen LogP) is -0.305. The third-order valence-corrected chi connectivity index (χ3v) is 8.88. The van der Waals surface area contributed by atoms with Crippen molar-refractivity contribution < 1.29 is 46.0 Å². The average molecular weight is 554 g/mol. The first kappa shape index (κ1) is 26.8. The van der Waals surface area contributed by atoms with E-state index < -0.39 is 50.3 Å². The summed E-state index contributed by atoms with van der Waals surface area (Å²) in [4.78, 5) is 54.5. The lowest BCUT2D eigenvalue weighted by Crippen LogP contribution is -2.40. The number of hydrogen-bond donors (Lipinski definition) is 0. The Balaban J connectivity index is 1.85. The fraction of sp³-hybridized carbons (Fsp3) is 0.409. The third kappa shape index (κ3) is 5.12. The van der Waals surface area contributed by atoms with Crippen molar-refractivity contribution >= 4 is 55.5 Å². The molecule has 4 rings (SSSR count). The SMILES string of the molecule is COC(=O)CS(=O)c1nc2ccc(S(=O)(=O)N3CCOCC3)cc2c2c1C(=O)N(CCOC(C)=O)C2=O. The Hall–Kier alpha value is -3.27. The molecule has 0 saturated carbocycles. The first-order valence-electron chi connectivity index (χ1n) is 11.1. The van der Waals surface area contributed by atoms with Crippen molar-refractivity contribution in [1.82, 2.24) is 14.2 Å². The molecule has 2 aliphatic heterocycles. The highest BCUT2D eigenvalue weighted by atomic mass is 32.2. The molecular weight excluding hydrogens is 530 g/mol. The maximum atomic E-state index is 13.4. The molecule has 1 atom stereocenters. The summed E-state index contributed by atoms with van der Waals surface area (Å²) in [7, 11) is -4.99. The number of esters is 2. The first-order valence-corrected chi connectivity index (χ1v) is 13.8. The molecule has 13 nitrogen and oxygen atoms in total. The van der Waals surface area contributed by atoms with Crippen LogP contribution in [0.2, 0.25) is 0 Å². The Morgan fingerprint density at radius 1 is 1.14 bits per heavy atom. The molecule has 0 N–H and O–H groups in total. The summed E-state index contributed by atoms with van der Waals surface area (Å²) < 4.78 is 55.3. The molecule has 3 heterocycles. The number of pyridine rings is 1. The predicted molar refractivity (Wildman–Crippen MR) is 127 cm³/mol. The molecule has 0 radical (unpaired) electrons. The van der Waals surface area contributed by atoms with E-state index in [9.17, 15) is 31.8 Å². The van der Waals surface area contributed by atoms with Crippen LogP contribution in [0.5, 0.6) is 0 Å². The minimum absolute atomic E-state index is 0.0662. The van der Waals surface area contributed by atoms with Crippen LogP contribution in [0.4, 0.5) is 0 Å². The van der Waals surface area contributed by atoms with E-state index in [-0.39, 0.29) is 71.4 Å². The fourth-order valence-corrected chi connectivity index (χ4v) is 6.50. The molecule has 1 saturated heterocycles. The standard InChI is InChI=1S/C22H23N3O10S2/c1-13(26)35-10-7-25-21(28)18-15-11-14(37(31,32)24-5-8-34-9-6-24)3-4-16(15)23-20(19(18)22(25)29)36(30)12-17(27)33-2/h3-4,11H,5-10,12H2,1-2H3. The van der Waals surface area contributed by atoms with E-state index in [2.05, 4.69) is 9.72 Å². The van der Waals surface area contributed by atoms with E-state index in [4.69, 9.17) is 9.47 Å². The number of ether oxygens (including phenoxy) is 3. The van der Waals surface area contributed by atoms with E-state index in [0.29, 0.717) is 0 Å². The number of benzene rings is 1. The minimum Gasteiger partial charge on any atom is -0.468 e. The van der Waals surface area contributed by atoms with Gasteiger partial charge in [-0.1, -0.05) is 0 Å². The Morgan fingerprint density at radius 2 is 1.81 bits per heavy atom. The normalized spacial score (nSPS) is 17.1. The molecule has 2 amide bonds. The van der Waals surface area contributed by atoms with Gasteiger partial charge in [0.2, 0.25) is 10.0 Å². The van der Waals surface area contributed by atoms with Crippen LogP contribution in [-0.2, 0) is 44.6 Å². The smallest absolute Gasteiger partial charge is 0.318 e. The highest BCUT2D eigenvalue weighted by molar-refractivity contribution is 7.89. The largest absolute Gasteiger partial charge is 0.468 e. The van der Waals surface area contributed by atoms with Crippen molar-refractivity contribution in [2.24, 2.45) is 0 Å². The minimum atomic E-state index is -3.95. The molecule has 2 aromatic rings. The number of carbonyl (C=O) groups is 4. The van der Waals surface area contributed by atoms with Gasteiger partial charge in [0.25, 0.3) is 11.8 Å². The van der Waals surface area contributed by atoms with Crippen molar-refractivity contribution in [3.05, 3.63) is 29.3 Å². The van der Waals surface area contributed by atoms with Crippen molar-refractivity contribution in [1.29, 1.82) is 0 Å². The quantitative estimate of drug-likeness (QED) is 0.311. The molecule has 2 aliphatic rings. The zero-order valence-electron chi connectivity index (χ0n) is 19.9. The lowest BCUT2D eigenvalue weighted by atomic mass is 10.1. The van der Waals surface area contributed by atoms with Gasteiger partial charge in [-0.05, 0) is 18.2 Å². The lowest BCUT2D eigenvalue weighted by molar-refractivity contribution is -0.141. The summed E-state index contributed by atoms with van der Waals surface area (Å²) in [5.41, 5.74) is -0.385. The van der Waals surface area contributed by atoms with Gasteiger partial charge in [-0.25, -0.2) is 13.4 Å². The zero-order valence-corrected chi connectivity index (χ0v) is 21.6. The van der Waals surface area contributed by atoms with Gasteiger partial charge in [0.05, 0.1) is 59.2 Å². The lowest BCUT2D eigenvalue weighted by Gasteiger charge is -2.26. The molecule has 1 aromatic heterocycles. The average Bonchev–Trinajstić information content (AvgIpc) is 3.13. The van der Waals surface area contributed by atoms with Gasteiger partial charge in [-0.2, -0.15) is 4.31 Å². The summed E-state index contributed by atoms with van der Waals surface area (Å²) in [5.74, 6) is -3.68. The number of carbonyl (C=O) groups excluding carboxylic acids is 4. The number of amides is 2. The maximum absolute atomic E-state index is 13.4. The highest BCUT2D eigenvalue weighted by Crippen LogP contribution is 2.34. The van der Waals surface area contributed by atoms with Crippen molar-refractivity contribution in [3.63, 3.8) is 0 Å². The number of aromatic nitrogens is 1. The van der Waals surface area contributed by atoms with Gasteiger partial charge >= 0.3 is 11.9 Å². The van der Waals surface area contributed by atoms with Crippen LogP contribution >= 0.6 is 0 Å². The summed E-state index contributed by atoms with van der Waals surface area (Å²) in [6.07, 6.45) is 0. The number of methoxy groups -OCH3 is 1. The Morgan fingerprint density at radius 3 is 2.46 bits per heavy atom. The second-order valence-electron chi connectivity index (χ2n) is 8.03. The van der Waals surface area contributed by atoms with Gasteiger partial charge in [0, 0.05) is 25.4 Å². The number of morpholine rings is 1. The van der Waals surface area contributed by atoms with Gasteiger partial charge < -0.3 is 14.2 Å². The van der Waals surface area contributed by atoms with E-state index >= 15 is 0 Å². The first-order chi connectivity index (χ1) is 17.6. The molecule has 15 heteroatoms. The van der Waals surface area contributed by atoms with Gasteiger partial charge in [-0.3, -0.25) is 28.3 Å². The third-order valence-electron chi connectivity index (χ3n) is 5.76. The van der Waals surface area contributed by atoms with Gasteiger partial charge in [0.1, 0.15) is 17.4 Å². The van der Waals surface area contributed by atoms with Crippen LogP contribution < -0.4 is 0 Å². The molecule has 198 valence electrons. The summed E-state index contributed by atoms with van der Waals surface area (Å²) in [5, 5.41) is -0.235. The Bertz CT molecular complexity index is 1430. The molecule has 1 unspecified atom stereocenters. The van der Waals surface area contributed by atoms with Gasteiger partial charge in [0.15, 0.2) is 0 Å². The van der Waals surface area contributed by atoms with Crippen molar-refractivity contribution in [2.45, 2.75) is 16.8 Å². The fourth-order valence-electron chi connectivity index (χ4n) is 3.98. The van der Waals surface area contributed by atoms with Crippen LogP contribution in [0.3, 0.4) is 0 Å². The Labute approximate surface area is 214 Å². The number of imide groups is 1. The molecular formula is C22H23N3O10S2. The van der Waals surface area contributed by atoms with Crippen molar-refractivity contribution in [2.75, 3.05) is 52.3 Å². The topological polar surface area (TPSA) is 167 Å². The number of rotatable bonds is 8. The van der Waals surface area contributed by atoms with Crippen molar-refractivity contribution in [3.8, 4) is 0 Å². The monoisotopic (exact) mass is 553 g/mol. The molecule has 0 bridgehead atoms. The van der Waals surface area contributed by atoms with Crippen LogP contribution in [-0.4, -0.2) is 103 Å². The van der Waals surface area contributed by atoms with Gasteiger partial charge in [-0.15, -0.1) is 0 Å². The molecule has 1 fully saturated rings. The molecule has 0 aliphatic carbocycles. The van der Waals surface area contributed by atoms with E-state index in [1.807, 2.05) is 0 Å². The van der Waals surface area contributed by atoms with Crippen LogP contribution in [0.1, 0.15) is 27.6 Å². The maximum Gasteiger partial charge on any atom is 0.318 e. The van der Waals surface area contributed by atoms with E-state index in [1.54, 1.807) is 0 Å². The number of hydrogen-bond acceptors (Lipinski definition) is 11. The highest BCUT2D eigenvalue weighted by Gasteiger charge is 2.42. The number of sulfonamides is 1. The van der Waals surface area contributed by atoms with E-state index in [0.717, 1.165) is 12.0 Å². The van der Waals surface area contributed by atoms with E-state index in [1.165, 1.54) is 29.4 Å².